The molecule has 0 bridgehead atoms. The highest BCUT2D eigenvalue weighted by atomic mass is 32.1. The van der Waals surface area contributed by atoms with Crippen molar-refractivity contribution in [1.82, 2.24) is 9.97 Å². The van der Waals surface area contributed by atoms with E-state index in [2.05, 4.69) is 9.97 Å². The van der Waals surface area contributed by atoms with E-state index in [0.29, 0.717) is 21.6 Å². The third-order valence-corrected chi connectivity index (χ3v) is 3.78. The molecule has 0 atom stereocenters. The number of rotatable bonds is 4. The smallest absolute Gasteiger partial charge is 0.335 e. The van der Waals surface area contributed by atoms with Crippen LogP contribution in [0.2, 0.25) is 0 Å². The molecule has 3 rings (SSSR count). The maximum atomic E-state index is 11.1. The van der Waals surface area contributed by atoms with Crippen molar-refractivity contribution < 1.29 is 14.6 Å². The molecule has 2 N–H and O–H groups in total. The predicted octanol–water partition coefficient (Wildman–Crippen LogP) is 4.44. The minimum atomic E-state index is -0.994. The van der Waals surface area contributed by atoms with Crippen LogP contribution in [-0.4, -0.2) is 27.1 Å². The summed E-state index contributed by atoms with van der Waals surface area (Å²) in [5, 5.41) is 9.71. The Morgan fingerprint density at radius 2 is 2.00 bits per heavy atom. The number of hydrogen-bond donors (Lipinski definition) is 2. The number of ether oxygens (including phenoxy) is 1. The number of para-hydroxylation sites is 1. The van der Waals surface area contributed by atoms with Gasteiger partial charge in [0.05, 0.1) is 22.7 Å². The third kappa shape index (κ3) is 3.14. The second-order valence-corrected chi connectivity index (χ2v) is 6.01. The maximum Gasteiger partial charge on any atom is 0.335 e. The van der Waals surface area contributed by atoms with Crippen LogP contribution >= 0.6 is 12.2 Å². The van der Waals surface area contributed by atoms with Crippen molar-refractivity contribution >= 4 is 29.1 Å². The average Bonchev–Trinajstić information content (AvgIpc) is 2.54. The molecule has 5 nitrogen and oxygen atoms in total. The summed E-state index contributed by atoms with van der Waals surface area (Å²) in [6.45, 7) is 3.92. The number of carboxylic acids is 1. The van der Waals surface area contributed by atoms with Gasteiger partial charge in [-0.15, -0.1) is 0 Å². The van der Waals surface area contributed by atoms with E-state index in [1.54, 1.807) is 6.07 Å². The monoisotopic (exact) mass is 340 g/mol. The summed E-state index contributed by atoms with van der Waals surface area (Å²) < 4.78 is 6.18. The molecule has 0 unspecified atom stereocenters. The maximum absolute atomic E-state index is 11.1. The molecule has 0 aliphatic rings. The van der Waals surface area contributed by atoms with E-state index in [1.165, 1.54) is 12.1 Å². The van der Waals surface area contributed by atoms with Crippen LogP contribution in [0, 0.1) is 4.64 Å². The molecule has 6 heteroatoms. The number of carbonyl (C=O) groups is 1. The average molecular weight is 340 g/mol. The minimum absolute atomic E-state index is 0.0349. The zero-order chi connectivity index (χ0) is 17.3. The zero-order valence-electron chi connectivity index (χ0n) is 13.2. The lowest BCUT2D eigenvalue weighted by Gasteiger charge is -2.14. The standard InChI is InChI=1S/C18H16N2O3S/c1-10(2)23-15-6-4-3-5-12(15)16-19-14-8-7-11(18(21)22)9-13(14)17(24)20-16/h3-10H,1-2H3,(H,21,22)(H,19,20,24). The van der Waals surface area contributed by atoms with Gasteiger partial charge in [-0.05, 0) is 44.2 Å². The Hall–Kier alpha value is -2.73. The summed E-state index contributed by atoms with van der Waals surface area (Å²) in [5.41, 5.74) is 1.72. The number of aromatic nitrogens is 2. The summed E-state index contributed by atoms with van der Waals surface area (Å²) in [6.07, 6.45) is 0.0349. The number of carboxylic acid groups (broad SMARTS) is 1. The van der Waals surface area contributed by atoms with E-state index < -0.39 is 5.97 Å². The first-order chi connectivity index (χ1) is 11.5. The molecule has 0 spiro atoms. The molecular weight excluding hydrogens is 324 g/mol. The van der Waals surface area contributed by atoms with E-state index >= 15 is 0 Å². The number of H-pyrrole nitrogens is 1. The van der Waals surface area contributed by atoms with Gasteiger partial charge in [-0.2, -0.15) is 0 Å². The van der Waals surface area contributed by atoms with Crippen molar-refractivity contribution in [2.45, 2.75) is 20.0 Å². The van der Waals surface area contributed by atoms with Crippen molar-refractivity contribution in [3.8, 4) is 17.1 Å². The Bertz CT molecular complexity index is 979. The number of nitrogens with zero attached hydrogens (tertiary/aromatic N) is 1. The van der Waals surface area contributed by atoms with E-state index in [4.69, 9.17) is 22.1 Å². The molecular formula is C18H16N2O3S. The predicted molar refractivity (Wildman–Crippen MR) is 95.1 cm³/mol. The quantitative estimate of drug-likeness (QED) is 0.687. The van der Waals surface area contributed by atoms with Gasteiger partial charge in [-0.3, -0.25) is 0 Å². The number of hydrogen-bond acceptors (Lipinski definition) is 4. The Kier molecular flexibility index (Phi) is 4.31. The Balaban J connectivity index is 2.17. The lowest BCUT2D eigenvalue weighted by atomic mass is 10.1. The molecule has 0 radical (unpaired) electrons. The number of nitrogens with one attached hydrogen (secondary N) is 1. The van der Waals surface area contributed by atoms with Gasteiger partial charge in [-0.25, -0.2) is 9.78 Å². The summed E-state index contributed by atoms with van der Waals surface area (Å²) in [4.78, 5) is 18.7. The molecule has 1 heterocycles. The van der Waals surface area contributed by atoms with Crippen molar-refractivity contribution in [3.63, 3.8) is 0 Å². The van der Waals surface area contributed by atoms with Crippen LogP contribution in [0.1, 0.15) is 24.2 Å². The van der Waals surface area contributed by atoms with Gasteiger partial charge in [-0.1, -0.05) is 24.4 Å². The summed E-state index contributed by atoms with van der Waals surface area (Å²) >= 11 is 5.35. The van der Waals surface area contributed by atoms with Crippen LogP contribution in [0.25, 0.3) is 22.3 Å². The number of fused-ring (bicyclic) bond motifs is 1. The largest absolute Gasteiger partial charge is 0.490 e. The second-order valence-electron chi connectivity index (χ2n) is 5.62. The third-order valence-electron chi connectivity index (χ3n) is 3.47. The minimum Gasteiger partial charge on any atom is -0.490 e. The van der Waals surface area contributed by atoms with E-state index in [0.717, 1.165) is 11.1 Å². The van der Waals surface area contributed by atoms with Crippen LogP contribution < -0.4 is 4.74 Å². The van der Waals surface area contributed by atoms with E-state index in [1.807, 2.05) is 38.1 Å². The van der Waals surface area contributed by atoms with Gasteiger partial charge in [0.15, 0.2) is 0 Å². The molecule has 3 aromatic rings. The highest BCUT2D eigenvalue weighted by Gasteiger charge is 2.12. The summed E-state index contributed by atoms with van der Waals surface area (Å²) in [7, 11) is 0. The van der Waals surface area contributed by atoms with Crippen molar-refractivity contribution in [2.24, 2.45) is 0 Å². The molecule has 24 heavy (non-hydrogen) atoms. The van der Waals surface area contributed by atoms with E-state index in [9.17, 15) is 4.79 Å². The Labute approximate surface area is 143 Å². The molecule has 0 saturated carbocycles. The topological polar surface area (TPSA) is 75.2 Å². The Morgan fingerprint density at radius 1 is 1.25 bits per heavy atom. The molecule has 2 aromatic carbocycles. The normalized spacial score (nSPS) is 11.0. The van der Waals surface area contributed by atoms with Crippen LogP contribution in [0.3, 0.4) is 0 Å². The number of aromatic amines is 1. The highest BCUT2D eigenvalue weighted by molar-refractivity contribution is 7.71. The van der Waals surface area contributed by atoms with Gasteiger partial charge in [0.2, 0.25) is 0 Å². The fourth-order valence-electron chi connectivity index (χ4n) is 2.43. The van der Waals surface area contributed by atoms with Crippen LogP contribution in [0.15, 0.2) is 42.5 Å². The molecule has 1 aromatic heterocycles. The molecule has 0 saturated heterocycles. The first-order valence-corrected chi connectivity index (χ1v) is 7.90. The fourth-order valence-corrected chi connectivity index (χ4v) is 2.69. The van der Waals surface area contributed by atoms with Crippen molar-refractivity contribution in [3.05, 3.63) is 52.7 Å². The summed E-state index contributed by atoms with van der Waals surface area (Å²) in [5.74, 6) is 0.310. The van der Waals surface area contributed by atoms with Crippen molar-refractivity contribution in [2.75, 3.05) is 0 Å². The fraction of sp³-hybridized carbons (Fsp3) is 0.167. The lowest BCUT2D eigenvalue weighted by molar-refractivity contribution is 0.0697. The first-order valence-electron chi connectivity index (χ1n) is 7.49. The molecule has 0 aliphatic carbocycles. The van der Waals surface area contributed by atoms with E-state index in [-0.39, 0.29) is 11.7 Å². The van der Waals surface area contributed by atoms with Crippen LogP contribution in [0.5, 0.6) is 5.75 Å². The van der Waals surface area contributed by atoms with Gasteiger partial charge >= 0.3 is 5.97 Å². The number of benzene rings is 2. The zero-order valence-corrected chi connectivity index (χ0v) is 14.1. The van der Waals surface area contributed by atoms with Gasteiger partial charge < -0.3 is 14.8 Å². The lowest BCUT2D eigenvalue weighted by Crippen LogP contribution is -2.07. The van der Waals surface area contributed by atoms with Crippen LogP contribution in [0.4, 0.5) is 0 Å². The van der Waals surface area contributed by atoms with Gasteiger partial charge in [0.25, 0.3) is 0 Å². The first kappa shape index (κ1) is 16.1. The highest BCUT2D eigenvalue weighted by Crippen LogP contribution is 2.29. The Morgan fingerprint density at radius 3 is 2.71 bits per heavy atom. The number of aromatic carboxylic acids is 1. The molecule has 0 amide bonds. The second kappa shape index (κ2) is 6.41. The summed E-state index contributed by atoms with van der Waals surface area (Å²) in [6, 6.07) is 12.4. The molecule has 122 valence electrons. The van der Waals surface area contributed by atoms with Gasteiger partial charge in [0.1, 0.15) is 16.2 Å². The van der Waals surface area contributed by atoms with Crippen LogP contribution in [-0.2, 0) is 0 Å². The van der Waals surface area contributed by atoms with Gasteiger partial charge in [0, 0.05) is 5.39 Å². The SMILES string of the molecule is CC(C)Oc1ccccc1-c1nc(=S)c2cc(C(=O)O)ccc2[nH]1. The van der Waals surface area contributed by atoms with Crippen molar-refractivity contribution in [1.29, 1.82) is 0 Å². The molecule has 0 aliphatic heterocycles. The molecule has 0 fully saturated rings.